The third-order valence-corrected chi connectivity index (χ3v) is 9.52. The second-order valence-corrected chi connectivity index (χ2v) is 12.2. The lowest BCUT2D eigenvalue weighted by Crippen LogP contribution is -2.03. The molecule has 0 aliphatic rings. The van der Waals surface area contributed by atoms with E-state index in [4.69, 9.17) is 6.42 Å². The number of nitrogens with zero attached hydrogens (tertiary/aromatic N) is 5. The third-order valence-electron chi connectivity index (χ3n) is 9.52. The largest absolute Gasteiger partial charge is 0.309 e. The summed E-state index contributed by atoms with van der Waals surface area (Å²) in [6.07, 6.45) is 9.82. The summed E-state index contributed by atoms with van der Waals surface area (Å²) in [5, 5.41) is 34.1. The fourth-order valence-corrected chi connectivity index (χ4v) is 7.35. The van der Waals surface area contributed by atoms with Crippen LogP contribution in [0.25, 0.3) is 66.1 Å². The average molecular weight is 650 g/mol. The lowest BCUT2D eigenvalue weighted by atomic mass is 9.88. The molecule has 0 aliphatic carbocycles. The van der Waals surface area contributed by atoms with Gasteiger partial charge in [-0.3, -0.25) is 0 Å². The van der Waals surface area contributed by atoms with Crippen molar-refractivity contribution < 1.29 is 0 Å². The number of nitriles is 3. The van der Waals surface area contributed by atoms with Crippen molar-refractivity contribution in [1.82, 2.24) is 9.13 Å². The van der Waals surface area contributed by atoms with Crippen LogP contribution in [0.3, 0.4) is 0 Å². The van der Waals surface area contributed by atoms with Crippen molar-refractivity contribution in [2.75, 3.05) is 0 Å². The minimum absolute atomic E-state index is 0.521. The van der Waals surface area contributed by atoms with E-state index >= 15 is 0 Å². The van der Waals surface area contributed by atoms with Gasteiger partial charge in [-0.25, -0.2) is 0 Å². The Labute approximate surface area is 295 Å². The summed E-state index contributed by atoms with van der Waals surface area (Å²) in [6, 6.07) is 48.8. The van der Waals surface area contributed by atoms with Gasteiger partial charge in [0.25, 0.3) is 0 Å². The quantitative estimate of drug-likeness (QED) is 0.137. The van der Waals surface area contributed by atoms with Crippen LogP contribution in [0.1, 0.15) is 34.7 Å². The Balaban J connectivity index is 1.37. The average Bonchev–Trinajstić information content (AvgIpc) is 3.69. The molecule has 0 bridgehead atoms. The summed E-state index contributed by atoms with van der Waals surface area (Å²) in [4.78, 5) is 0. The lowest BCUT2D eigenvalue weighted by molar-refractivity contribution is 1.17. The number of hydrogen-bond donors (Lipinski definition) is 0. The molecule has 6 aromatic carbocycles. The van der Waals surface area contributed by atoms with E-state index in [0.717, 1.165) is 77.3 Å². The molecule has 236 valence electrons. The lowest BCUT2D eigenvalue weighted by Gasteiger charge is -2.20. The van der Waals surface area contributed by atoms with Crippen LogP contribution in [0.4, 0.5) is 0 Å². The molecule has 51 heavy (non-hydrogen) atoms. The zero-order valence-corrected chi connectivity index (χ0v) is 27.6. The first-order chi connectivity index (χ1) is 25.1. The normalized spacial score (nSPS) is 11.8. The molecule has 0 unspecified atom stereocenters. The van der Waals surface area contributed by atoms with Crippen LogP contribution in [0.15, 0.2) is 140 Å². The van der Waals surface area contributed by atoms with Crippen molar-refractivity contribution in [3.63, 3.8) is 0 Å². The smallest absolute Gasteiger partial charge is 0.0998 e. The fourth-order valence-electron chi connectivity index (χ4n) is 7.35. The maximum atomic E-state index is 10.4. The molecule has 0 amide bonds. The van der Waals surface area contributed by atoms with E-state index in [1.807, 2.05) is 85.8 Å². The van der Waals surface area contributed by atoms with Gasteiger partial charge in [-0.05, 0) is 90.9 Å². The van der Waals surface area contributed by atoms with Crippen molar-refractivity contribution >= 4 is 54.8 Å². The highest BCUT2D eigenvalue weighted by molar-refractivity contribution is 6.13. The maximum Gasteiger partial charge on any atom is 0.0998 e. The molecule has 0 spiro atoms. The molecule has 2 aromatic heterocycles. The van der Waals surface area contributed by atoms with Crippen LogP contribution in [0.5, 0.6) is 0 Å². The zero-order chi connectivity index (χ0) is 35.1. The van der Waals surface area contributed by atoms with E-state index in [2.05, 4.69) is 75.7 Å². The molecule has 5 heteroatoms. The van der Waals surface area contributed by atoms with Crippen LogP contribution in [0, 0.1) is 46.3 Å². The van der Waals surface area contributed by atoms with Crippen LogP contribution in [0.2, 0.25) is 0 Å². The van der Waals surface area contributed by atoms with Crippen LogP contribution in [-0.2, 0) is 0 Å². The topological polar surface area (TPSA) is 81.2 Å². The monoisotopic (exact) mass is 649 g/mol. The predicted molar refractivity (Wildman–Crippen MR) is 206 cm³/mol. The predicted octanol–water partition coefficient (Wildman–Crippen LogP) is 10.6. The van der Waals surface area contributed by atoms with E-state index in [1.165, 1.54) is 0 Å². The number of para-hydroxylation sites is 3. The summed E-state index contributed by atoms with van der Waals surface area (Å²) < 4.78 is 4.36. The van der Waals surface area contributed by atoms with Gasteiger partial charge in [-0.2, -0.15) is 15.8 Å². The number of aromatic nitrogens is 2. The second kappa shape index (κ2) is 12.5. The van der Waals surface area contributed by atoms with Gasteiger partial charge in [0.05, 0.1) is 62.7 Å². The van der Waals surface area contributed by atoms with Gasteiger partial charge >= 0.3 is 0 Å². The first-order valence-corrected chi connectivity index (χ1v) is 16.4. The van der Waals surface area contributed by atoms with E-state index in [-0.39, 0.29) is 0 Å². The number of benzene rings is 6. The Morgan fingerprint density at radius 1 is 0.549 bits per heavy atom. The minimum Gasteiger partial charge on any atom is -0.309 e. The number of hydrogen-bond acceptors (Lipinski definition) is 3. The fraction of sp³-hybridized carbons (Fsp3) is 0.0217. The van der Waals surface area contributed by atoms with Gasteiger partial charge in [0, 0.05) is 38.4 Å². The Kier molecular flexibility index (Phi) is 7.52. The summed E-state index contributed by atoms with van der Waals surface area (Å²) in [5.74, 6) is 2.78. The first kappa shape index (κ1) is 30.7. The van der Waals surface area contributed by atoms with Crippen LogP contribution >= 0.6 is 0 Å². The molecule has 0 aliphatic heterocycles. The van der Waals surface area contributed by atoms with Crippen molar-refractivity contribution in [3.05, 3.63) is 167 Å². The van der Waals surface area contributed by atoms with Gasteiger partial charge < -0.3 is 9.13 Å². The van der Waals surface area contributed by atoms with Gasteiger partial charge in [0.15, 0.2) is 0 Å². The maximum absolute atomic E-state index is 10.4. The van der Waals surface area contributed by atoms with E-state index < -0.39 is 0 Å². The summed E-state index contributed by atoms with van der Waals surface area (Å²) in [6.45, 7) is 1.96. The Morgan fingerprint density at radius 3 is 1.86 bits per heavy atom. The molecule has 0 saturated heterocycles. The Morgan fingerprint density at radius 2 is 1.18 bits per heavy atom. The van der Waals surface area contributed by atoms with Crippen LogP contribution < -0.4 is 0 Å². The minimum atomic E-state index is 0.521. The number of terminal acetylenes is 1. The van der Waals surface area contributed by atoms with Crippen LogP contribution in [-0.4, -0.2) is 9.13 Å². The molecule has 8 rings (SSSR count). The molecule has 0 radical (unpaired) electrons. The zero-order valence-electron chi connectivity index (χ0n) is 27.6. The third kappa shape index (κ3) is 4.86. The molecular formula is C46H27N5. The van der Waals surface area contributed by atoms with Crippen molar-refractivity contribution in [1.29, 1.82) is 15.8 Å². The summed E-state index contributed by atoms with van der Waals surface area (Å²) in [7, 11) is 0. The number of fused-ring (bicyclic) bond motifs is 6. The Bertz CT molecular complexity index is 2920. The van der Waals surface area contributed by atoms with E-state index in [0.29, 0.717) is 16.7 Å². The molecule has 0 atom stereocenters. The highest BCUT2D eigenvalue weighted by Gasteiger charge is 2.22. The number of rotatable bonds is 5. The van der Waals surface area contributed by atoms with Gasteiger partial charge in [-0.1, -0.05) is 72.7 Å². The molecule has 5 nitrogen and oxygen atoms in total. The number of allylic oxidation sites excluding steroid dienone is 4. The van der Waals surface area contributed by atoms with Gasteiger partial charge in [0.1, 0.15) is 0 Å². The Hall–Kier alpha value is -7.57. The molecule has 0 fully saturated rings. The first-order valence-electron chi connectivity index (χ1n) is 16.4. The second-order valence-electron chi connectivity index (χ2n) is 12.2. The molecule has 8 aromatic rings. The summed E-state index contributed by atoms with van der Waals surface area (Å²) in [5.41, 5.74) is 10.4. The van der Waals surface area contributed by atoms with Crippen molar-refractivity contribution in [2.45, 2.75) is 6.92 Å². The SMILES string of the molecule is C#C/C=C(\C(=C/C)c1cc(-n2c3ccccc3c3ccccc32)ccc1C#N)c1ccccc1-n1c2ccc(C#N)cc2c2ccc(C#N)cc21. The van der Waals surface area contributed by atoms with Gasteiger partial charge in [-0.15, -0.1) is 6.42 Å². The van der Waals surface area contributed by atoms with Crippen molar-refractivity contribution in [2.24, 2.45) is 0 Å². The summed E-state index contributed by atoms with van der Waals surface area (Å²) >= 11 is 0. The highest BCUT2D eigenvalue weighted by Crippen LogP contribution is 2.41. The van der Waals surface area contributed by atoms with E-state index in [9.17, 15) is 15.8 Å². The highest BCUT2D eigenvalue weighted by atomic mass is 15.0. The molecule has 0 saturated carbocycles. The molecule has 2 heterocycles. The van der Waals surface area contributed by atoms with E-state index in [1.54, 1.807) is 18.2 Å². The molecular weight excluding hydrogens is 623 g/mol. The molecule has 0 N–H and O–H groups in total. The van der Waals surface area contributed by atoms with Crippen molar-refractivity contribution in [3.8, 4) is 41.9 Å². The standard InChI is InChI=1S/C46H27N5/c1-3-11-35(36-12-5-10-17-44(36)51-45-23-19-30(27-47)24-41(45)39-22-18-31(28-48)25-46(39)51)34(4-2)40-26-33(21-20-32(40)29-49)50-42-15-8-6-13-37(42)38-14-7-9-16-43(38)50/h1,4-26H,2H3/b34-4+,35-11+. The van der Waals surface area contributed by atoms with Gasteiger partial charge in [0.2, 0.25) is 0 Å².